The number of hydrogen-bond donors (Lipinski definition) is 2. The summed E-state index contributed by atoms with van der Waals surface area (Å²) in [6, 6.07) is 14.0. The zero-order valence-corrected chi connectivity index (χ0v) is 13.8. The number of aromatic amines is 1. The molecule has 0 radical (unpaired) electrons. The zero-order chi connectivity index (χ0) is 16.4. The van der Waals surface area contributed by atoms with Gasteiger partial charge in [0, 0.05) is 30.1 Å². The summed E-state index contributed by atoms with van der Waals surface area (Å²) in [7, 11) is 0. The van der Waals surface area contributed by atoms with Crippen molar-refractivity contribution in [2.75, 3.05) is 0 Å². The monoisotopic (exact) mass is 336 g/mol. The molecule has 4 aromatic rings. The molecule has 2 aromatic carbocycles. The van der Waals surface area contributed by atoms with Crippen LogP contribution in [0.15, 0.2) is 48.7 Å². The topological polar surface area (TPSA) is 70.7 Å². The summed E-state index contributed by atoms with van der Waals surface area (Å²) in [5.41, 5.74) is 5.10. The van der Waals surface area contributed by atoms with Gasteiger partial charge in [-0.25, -0.2) is 0 Å². The predicted octanol–water partition coefficient (Wildman–Crippen LogP) is 3.42. The van der Waals surface area contributed by atoms with Gasteiger partial charge in [0.15, 0.2) is 0 Å². The number of hydrogen-bond acceptors (Lipinski definition) is 4. The molecule has 0 saturated heterocycles. The summed E-state index contributed by atoms with van der Waals surface area (Å²) < 4.78 is 8.40. The highest BCUT2D eigenvalue weighted by molar-refractivity contribution is 7.00. The van der Waals surface area contributed by atoms with Crippen molar-refractivity contribution in [1.82, 2.24) is 19.0 Å². The second kappa shape index (κ2) is 6.41. The molecule has 6 heteroatoms. The standard InChI is InChI=1S/C18H16N4OS/c23-18(8-6-13-11-19-15-4-2-1-3-14(13)15)20-10-12-5-7-16-17(9-12)22-24-21-16/h1-5,7,9,11,19H,6,8,10H2,(H,20,23). The van der Waals surface area contributed by atoms with E-state index in [-0.39, 0.29) is 5.91 Å². The molecule has 120 valence electrons. The minimum Gasteiger partial charge on any atom is -0.361 e. The van der Waals surface area contributed by atoms with Crippen LogP contribution in [-0.4, -0.2) is 19.6 Å². The molecular weight excluding hydrogens is 320 g/mol. The number of para-hydroxylation sites is 1. The van der Waals surface area contributed by atoms with Crippen LogP contribution in [0.4, 0.5) is 0 Å². The minimum absolute atomic E-state index is 0.0526. The van der Waals surface area contributed by atoms with E-state index in [2.05, 4.69) is 25.1 Å². The first-order valence-corrected chi connectivity index (χ1v) is 8.55. The molecule has 0 unspecified atom stereocenters. The van der Waals surface area contributed by atoms with E-state index in [1.807, 2.05) is 42.6 Å². The largest absolute Gasteiger partial charge is 0.361 e. The molecule has 0 fully saturated rings. The smallest absolute Gasteiger partial charge is 0.220 e. The number of nitrogens with one attached hydrogen (secondary N) is 2. The van der Waals surface area contributed by atoms with Crippen molar-refractivity contribution in [3.05, 3.63) is 59.8 Å². The Labute approximate surface area is 143 Å². The van der Waals surface area contributed by atoms with E-state index < -0.39 is 0 Å². The second-order valence-electron chi connectivity index (χ2n) is 5.72. The average molecular weight is 336 g/mol. The van der Waals surface area contributed by atoms with Gasteiger partial charge in [0.25, 0.3) is 0 Å². The lowest BCUT2D eigenvalue weighted by atomic mass is 10.1. The lowest BCUT2D eigenvalue weighted by Crippen LogP contribution is -2.22. The van der Waals surface area contributed by atoms with Gasteiger partial charge >= 0.3 is 0 Å². The van der Waals surface area contributed by atoms with Crippen molar-refractivity contribution in [3.63, 3.8) is 0 Å². The summed E-state index contributed by atoms with van der Waals surface area (Å²) >= 11 is 1.20. The molecular formula is C18H16N4OS. The quantitative estimate of drug-likeness (QED) is 0.586. The highest BCUT2D eigenvalue weighted by Gasteiger charge is 2.07. The third kappa shape index (κ3) is 3.00. The molecule has 2 N–H and O–H groups in total. The Hall–Kier alpha value is -2.73. The van der Waals surface area contributed by atoms with Crippen molar-refractivity contribution >= 4 is 39.6 Å². The molecule has 2 aromatic heterocycles. The highest BCUT2D eigenvalue weighted by Crippen LogP contribution is 2.19. The van der Waals surface area contributed by atoms with Crippen LogP contribution in [0, 0.1) is 0 Å². The fraction of sp³-hybridized carbons (Fsp3) is 0.167. The van der Waals surface area contributed by atoms with Gasteiger partial charge in [-0.1, -0.05) is 24.3 Å². The number of carbonyl (C=O) groups excluding carboxylic acids is 1. The summed E-state index contributed by atoms with van der Waals surface area (Å²) in [4.78, 5) is 15.4. The maximum atomic E-state index is 12.1. The zero-order valence-electron chi connectivity index (χ0n) is 13.0. The van der Waals surface area contributed by atoms with Gasteiger partial charge in [0.05, 0.1) is 11.7 Å². The van der Waals surface area contributed by atoms with Crippen LogP contribution in [0.1, 0.15) is 17.5 Å². The molecule has 4 rings (SSSR count). The van der Waals surface area contributed by atoms with E-state index in [0.717, 1.165) is 28.5 Å². The van der Waals surface area contributed by atoms with Gasteiger partial charge in [-0.3, -0.25) is 4.79 Å². The number of fused-ring (bicyclic) bond motifs is 2. The van der Waals surface area contributed by atoms with Crippen LogP contribution in [-0.2, 0) is 17.8 Å². The maximum absolute atomic E-state index is 12.1. The summed E-state index contributed by atoms with van der Waals surface area (Å²) in [5, 5.41) is 4.16. The third-order valence-corrected chi connectivity index (χ3v) is 4.66. The number of amides is 1. The number of carbonyl (C=O) groups is 1. The van der Waals surface area contributed by atoms with E-state index in [0.29, 0.717) is 13.0 Å². The second-order valence-corrected chi connectivity index (χ2v) is 6.25. The van der Waals surface area contributed by atoms with E-state index >= 15 is 0 Å². The van der Waals surface area contributed by atoms with Gasteiger partial charge in [0.2, 0.25) is 5.91 Å². The number of nitrogens with zero attached hydrogens (tertiary/aromatic N) is 2. The van der Waals surface area contributed by atoms with Crippen molar-refractivity contribution in [2.24, 2.45) is 0 Å². The first-order valence-electron chi connectivity index (χ1n) is 7.82. The van der Waals surface area contributed by atoms with Crippen molar-refractivity contribution in [1.29, 1.82) is 0 Å². The Morgan fingerprint density at radius 1 is 1.12 bits per heavy atom. The van der Waals surface area contributed by atoms with Gasteiger partial charge in [-0.2, -0.15) is 8.75 Å². The SMILES string of the molecule is O=C(CCc1c[nH]c2ccccc12)NCc1ccc2nsnc2c1. The van der Waals surface area contributed by atoms with Crippen molar-refractivity contribution in [2.45, 2.75) is 19.4 Å². The van der Waals surface area contributed by atoms with Crippen LogP contribution in [0.2, 0.25) is 0 Å². The number of rotatable bonds is 5. The average Bonchev–Trinajstić information content (AvgIpc) is 3.24. The number of aromatic nitrogens is 3. The van der Waals surface area contributed by atoms with Gasteiger partial charge in [0.1, 0.15) is 11.0 Å². The van der Waals surface area contributed by atoms with Crippen LogP contribution in [0.25, 0.3) is 21.9 Å². The lowest BCUT2D eigenvalue weighted by molar-refractivity contribution is -0.121. The number of H-pyrrole nitrogens is 1. The summed E-state index contributed by atoms with van der Waals surface area (Å²) in [6.07, 6.45) is 3.19. The molecule has 2 heterocycles. The van der Waals surface area contributed by atoms with E-state index in [4.69, 9.17) is 0 Å². The fourth-order valence-corrected chi connectivity index (χ4v) is 3.33. The Morgan fingerprint density at radius 2 is 2.00 bits per heavy atom. The number of aryl methyl sites for hydroxylation is 1. The molecule has 0 spiro atoms. The van der Waals surface area contributed by atoms with Crippen LogP contribution in [0.5, 0.6) is 0 Å². The fourth-order valence-electron chi connectivity index (χ4n) is 2.81. The summed E-state index contributed by atoms with van der Waals surface area (Å²) in [6.45, 7) is 0.514. The molecule has 0 saturated carbocycles. The predicted molar refractivity (Wildman–Crippen MR) is 95.9 cm³/mol. The van der Waals surface area contributed by atoms with Crippen molar-refractivity contribution in [3.8, 4) is 0 Å². The van der Waals surface area contributed by atoms with Gasteiger partial charge < -0.3 is 10.3 Å². The first kappa shape index (κ1) is 14.8. The number of benzene rings is 2. The van der Waals surface area contributed by atoms with E-state index in [1.165, 1.54) is 22.7 Å². The molecule has 0 bridgehead atoms. The summed E-state index contributed by atoms with van der Waals surface area (Å²) in [5.74, 6) is 0.0526. The van der Waals surface area contributed by atoms with Gasteiger partial charge in [-0.15, -0.1) is 0 Å². The molecule has 1 amide bonds. The Morgan fingerprint density at radius 3 is 2.96 bits per heavy atom. The molecule has 5 nitrogen and oxygen atoms in total. The Balaban J connectivity index is 1.34. The van der Waals surface area contributed by atoms with Crippen LogP contribution < -0.4 is 5.32 Å². The Kier molecular flexibility index (Phi) is 3.96. The minimum atomic E-state index is 0.0526. The normalized spacial score (nSPS) is 11.2. The van der Waals surface area contributed by atoms with Crippen molar-refractivity contribution < 1.29 is 4.79 Å². The molecule has 24 heavy (non-hydrogen) atoms. The maximum Gasteiger partial charge on any atom is 0.220 e. The first-order chi connectivity index (χ1) is 11.8. The lowest BCUT2D eigenvalue weighted by Gasteiger charge is -2.05. The molecule has 0 aliphatic heterocycles. The van der Waals surface area contributed by atoms with Gasteiger partial charge in [-0.05, 0) is 35.7 Å². The van der Waals surface area contributed by atoms with Crippen LogP contribution >= 0.6 is 11.7 Å². The highest BCUT2D eigenvalue weighted by atomic mass is 32.1. The molecule has 0 aliphatic rings. The molecule has 0 aliphatic carbocycles. The van der Waals surface area contributed by atoms with E-state index in [1.54, 1.807) is 0 Å². The van der Waals surface area contributed by atoms with Crippen LogP contribution in [0.3, 0.4) is 0 Å². The Bertz CT molecular complexity index is 1000. The van der Waals surface area contributed by atoms with E-state index in [9.17, 15) is 4.79 Å². The third-order valence-electron chi connectivity index (χ3n) is 4.10. The molecule has 0 atom stereocenters.